The Kier molecular flexibility index (Phi) is 5.65. The molecule has 0 bridgehead atoms. The molecular weight excluding hydrogens is 280 g/mol. The Morgan fingerprint density at radius 3 is 2.20 bits per heavy atom. The second-order valence-corrected chi connectivity index (χ2v) is 5.00. The minimum absolute atomic E-state index is 0. The SMILES string of the molecule is COc1cc(OC)cc(C(=O)NCC2(N)CCC2)c1.Cl. The van der Waals surface area contributed by atoms with Crippen molar-refractivity contribution in [3.8, 4) is 11.5 Å². The monoisotopic (exact) mass is 300 g/mol. The van der Waals surface area contributed by atoms with E-state index in [1.54, 1.807) is 32.4 Å². The van der Waals surface area contributed by atoms with Gasteiger partial charge in [0.2, 0.25) is 0 Å². The first-order valence-corrected chi connectivity index (χ1v) is 6.36. The Morgan fingerprint density at radius 1 is 1.25 bits per heavy atom. The van der Waals surface area contributed by atoms with Crippen LogP contribution in [0.15, 0.2) is 18.2 Å². The van der Waals surface area contributed by atoms with E-state index >= 15 is 0 Å². The van der Waals surface area contributed by atoms with Crippen LogP contribution in [0.4, 0.5) is 0 Å². The van der Waals surface area contributed by atoms with E-state index < -0.39 is 0 Å². The average molecular weight is 301 g/mol. The van der Waals surface area contributed by atoms with Gasteiger partial charge in [-0.3, -0.25) is 4.79 Å². The van der Waals surface area contributed by atoms with Gasteiger partial charge >= 0.3 is 0 Å². The minimum Gasteiger partial charge on any atom is -0.497 e. The van der Waals surface area contributed by atoms with Gasteiger partial charge in [0.05, 0.1) is 14.2 Å². The maximum Gasteiger partial charge on any atom is 0.251 e. The average Bonchev–Trinajstić information content (AvgIpc) is 2.41. The van der Waals surface area contributed by atoms with Gasteiger partial charge in [0.1, 0.15) is 11.5 Å². The van der Waals surface area contributed by atoms with E-state index in [1.807, 2.05) is 0 Å². The number of hydrogen-bond acceptors (Lipinski definition) is 4. The molecule has 0 aliphatic heterocycles. The van der Waals surface area contributed by atoms with Crippen LogP contribution in [-0.4, -0.2) is 32.2 Å². The molecule has 0 heterocycles. The molecule has 1 saturated carbocycles. The molecule has 0 unspecified atom stereocenters. The highest BCUT2D eigenvalue weighted by molar-refractivity contribution is 5.95. The Bertz CT molecular complexity index is 453. The highest BCUT2D eigenvalue weighted by Gasteiger charge is 2.32. The van der Waals surface area contributed by atoms with Crippen molar-refractivity contribution in [2.45, 2.75) is 24.8 Å². The third-order valence-electron chi connectivity index (χ3n) is 3.56. The third-order valence-corrected chi connectivity index (χ3v) is 3.56. The number of ether oxygens (including phenoxy) is 2. The predicted molar refractivity (Wildman–Crippen MR) is 79.9 cm³/mol. The lowest BCUT2D eigenvalue weighted by Crippen LogP contribution is -2.54. The van der Waals surface area contributed by atoms with Gasteiger partial charge in [-0.05, 0) is 31.4 Å². The number of carbonyl (C=O) groups is 1. The van der Waals surface area contributed by atoms with Crippen LogP contribution in [0.1, 0.15) is 29.6 Å². The summed E-state index contributed by atoms with van der Waals surface area (Å²) in [5.74, 6) is 1.03. The molecule has 1 aliphatic rings. The first-order valence-electron chi connectivity index (χ1n) is 6.36. The molecule has 0 atom stereocenters. The second-order valence-electron chi connectivity index (χ2n) is 5.00. The maximum absolute atomic E-state index is 12.1. The van der Waals surface area contributed by atoms with E-state index in [0.717, 1.165) is 19.3 Å². The molecule has 1 amide bonds. The molecule has 0 saturated heterocycles. The van der Waals surface area contributed by atoms with Gasteiger partial charge in [-0.15, -0.1) is 12.4 Å². The highest BCUT2D eigenvalue weighted by Crippen LogP contribution is 2.28. The third kappa shape index (κ3) is 3.77. The van der Waals surface area contributed by atoms with Crippen LogP contribution < -0.4 is 20.5 Å². The maximum atomic E-state index is 12.1. The van der Waals surface area contributed by atoms with Crippen molar-refractivity contribution in [1.82, 2.24) is 5.32 Å². The minimum atomic E-state index is -0.224. The Morgan fingerprint density at radius 2 is 1.80 bits per heavy atom. The fourth-order valence-electron chi connectivity index (χ4n) is 2.10. The van der Waals surface area contributed by atoms with Crippen molar-refractivity contribution in [2.75, 3.05) is 20.8 Å². The van der Waals surface area contributed by atoms with Gasteiger partial charge < -0.3 is 20.5 Å². The Hall–Kier alpha value is -1.46. The summed E-state index contributed by atoms with van der Waals surface area (Å²) in [6.45, 7) is 0.505. The number of benzene rings is 1. The predicted octanol–water partition coefficient (Wildman–Crippen LogP) is 1.74. The molecule has 3 N–H and O–H groups in total. The van der Waals surface area contributed by atoms with Gasteiger partial charge in [0.25, 0.3) is 5.91 Å². The zero-order chi connectivity index (χ0) is 13.9. The lowest BCUT2D eigenvalue weighted by molar-refractivity contribution is 0.0929. The van der Waals surface area contributed by atoms with Crippen LogP contribution in [0.3, 0.4) is 0 Å². The topological polar surface area (TPSA) is 73.6 Å². The molecule has 1 aromatic carbocycles. The number of halogens is 1. The van der Waals surface area contributed by atoms with E-state index in [-0.39, 0.29) is 23.9 Å². The smallest absolute Gasteiger partial charge is 0.251 e. The van der Waals surface area contributed by atoms with Crippen molar-refractivity contribution in [3.05, 3.63) is 23.8 Å². The first-order chi connectivity index (χ1) is 9.06. The van der Waals surface area contributed by atoms with Crippen molar-refractivity contribution >= 4 is 18.3 Å². The fraction of sp³-hybridized carbons (Fsp3) is 0.500. The number of nitrogens with two attached hydrogens (primary N) is 1. The molecular formula is C14H21ClN2O3. The van der Waals surface area contributed by atoms with Crippen molar-refractivity contribution < 1.29 is 14.3 Å². The normalized spacial score (nSPS) is 15.6. The molecule has 1 aromatic rings. The van der Waals surface area contributed by atoms with E-state index in [2.05, 4.69) is 5.32 Å². The number of nitrogens with one attached hydrogen (secondary N) is 1. The van der Waals surface area contributed by atoms with Crippen LogP contribution >= 0.6 is 12.4 Å². The van der Waals surface area contributed by atoms with Crippen LogP contribution in [-0.2, 0) is 0 Å². The number of hydrogen-bond donors (Lipinski definition) is 2. The summed E-state index contributed by atoms with van der Waals surface area (Å²) in [6, 6.07) is 5.09. The molecule has 2 rings (SSSR count). The molecule has 1 fully saturated rings. The van der Waals surface area contributed by atoms with E-state index in [4.69, 9.17) is 15.2 Å². The summed E-state index contributed by atoms with van der Waals surface area (Å²) >= 11 is 0. The molecule has 112 valence electrons. The number of carbonyl (C=O) groups excluding carboxylic acids is 1. The standard InChI is InChI=1S/C14H20N2O3.ClH/c1-18-11-6-10(7-12(8-11)19-2)13(17)16-9-14(15)4-3-5-14;/h6-8H,3-5,9,15H2,1-2H3,(H,16,17);1H. The summed E-state index contributed by atoms with van der Waals surface area (Å²) in [6.07, 6.45) is 3.07. The molecule has 6 heteroatoms. The number of methoxy groups -OCH3 is 2. The first kappa shape index (κ1) is 16.6. The zero-order valence-electron chi connectivity index (χ0n) is 11.8. The highest BCUT2D eigenvalue weighted by atomic mass is 35.5. The largest absolute Gasteiger partial charge is 0.497 e. The van der Waals surface area contributed by atoms with Gasteiger partial charge in [-0.25, -0.2) is 0 Å². The summed E-state index contributed by atoms with van der Waals surface area (Å²) in [7, 11) is 3.11. The molecule has 0 aromatic heterocycles. The second kappa shape index (κ2) is 6.81. The Balaban J connectivity index is 0.00000200. The zero-order valence-corrected chi connectivity index (χ0v) is 12.6. The van der Waals surface area contributed by atoms with Crippen LogP contribution in [0.5, 0.6) is 11.5 Å². The number of rotatable bonds is 5. The molecule has 0 spiro atoms. The molecule has 1 aliphatic carbocycles. The van der Waals surface area contributed by atoms with Crippen molar-refractivity contribution in [3.63, 3.8) is 0 Å². The molecule has 0 radical (unpaired) electrons. The fourth-order valence-corrected chi connectivity index (χ4v) is 2.10. The Labute approximate surface area is 125 Å². The van der Waals surface area contributed by atoms with Crippen LogP contribution in [0.2, 0.25) is 0 Å². The van der Waals surface area contributed by atoms with Crippen LogP contribution in [0.25, 0.3) is 0 Å². The van der Waals surface area contributed by atoms with E-state index in [1.165, 1.54) is 0 Å². The summed E-state index contributed by atoms with van der Waals surface area (Å²) in [4.78, 5) is 12.1. The van der Waals surface area contributed by atoms with Gasteiger partial charge in [-0.1, -0.05) is 0 Å². The van der Waals surface area contributed by atoms with Crippen LogP contribution in [0, 0.1) is 0 Å². The van der Waals surface area contributed by atoms with E-state index in [9.17, 15) is 4.79 Å². The number of amides is 1. The summed E-state index contributed by atoms with van der Waals surface area (Å²) < 4.78 is 10.3. The molecule has 5 nitrogen and oxygen atoms in total. The van der Waals surface area contributed by atoms with Gasteiger partial charge in [0, 0.05) is 23.7 Å². The summed E-state index contributed by atoms with van der Waals surface area (Å²) in [5.41, 5.74) is 6.37. The van der Waals surface area contributed by atoms with E-state index in [0.29, 0.717) is 23.6 Å². The lowest BCUT2D eigenvalue weighted by Gasteiger charge is -2.38. The van der Waals surface area contributed by atoms with Crippen molar-refractivity contribution in [1.29, 1.82) is 0 Å². The quantitative estimate of drug-likeness (QED) is 0.868. The molecule has 20 heavy (non-hydrogen) atoms. The summed E-state index contributed by atoms with van der Waals surface area (Å²) in [5, 5.41) is 2.87. The van der Waals surface area contributed by atoms with Crippen molar-refractivity contribution in [2.24, 2.45) is 5.73 Å². The lowest BCUT2D eigenvalue weighted by atomic mass is 9.78. The van der Waals surface area contributed by atoms with Gasteiger partial charge in [-0.2, -0.15) is 0 Å². The van der Waals surface area contributed by atoms with Gasteiger partial charge in [0.15, 0.2) is 0 Å².